The molecular formula is C19H31N3O2. The summed E-state index contributed by atoms with van der Waals surface area (Å²) in [6.45, 7) is 8.08. The molecule has 24 heavy (non-hydrogen) atoms. The molecule has 2 aliphatic rings. The summed E-state index contributed by atoms with van der Waals surface area (Å²) in [5.74, 6) is 1.29. The van der Waals surface area contributed by atoms with E-state index in [0.717, 1.165) is 50.7 Å². The number of hydrogen-bond donors (Lipinski definition) is 0. The van der Waals surface area contributed by atoms with E-state index in [1.807, 2.05) is 24.6 Å². The van der Waals surface area contributed by atoms with Crippen molar-refractivity contribution < 1.29 is 9.53 Å². The molecule has 1 amide bonds. The lowest BCUT2D eigenvalue weighted by atomic mass is 9.88. The first-order valence-corrected chi connectivity index (χ1v) is 9.58. The van der Waals surface area contributed by atoms with Crippen molar-refractivity contribution in [3.05, 3.63) is 17.5 Å². The van der Waals surface area contributed by atoms with E-state index in [1.54, 1.807) is 0 Å². The van der Waals surface area contributed by atoms with E-state index in [1.165, 1.54) is 32.1 Å². The van der Waals surface area contributed by atoms with Gasteiger partial charge in [-0.2, -0.15) is 5.10 Å². The van der Waals surface area contributed by atoms with Crippen LogP contribution in [0.1, 0.15) is 61.6 Å². The molecular weight excluding hydrogens is 302 g/mol. The van der Waals surface area contributed by atoms with Gasteiger partial charge in [-0.1, -0.05) is 19.3 Å². The average Bonchev–Trinajstić information content (AvgIpc) is 3.23. The van der Waals surface area contributed by atoms with E-state index in [2.05, 4.69) is 10.00 Å². The molecule has 134 valence electrons. The second kappa shape index (κ2) is 8.15. The van der Waals surface area contributed by atoms with Gasteiger partial charge in [-0.05, 0) is 45.1 Å². The predicted molar refractivity (Wildman–Crippen MR) is 94.0 cm³/mol. The van der Waals surface area contributed by atoms with E-state index in [4.69, 9.17) is 4.74 Å². The van der Waals surface area contributed by atoms with Crippen molar-refractivity contribution in [3.63, 3.8) is 0 Å². The van der Waals surface area contributed by atoms with Gasteiger partial charge >= 0.3 is 0 Å². The molecule has 0 unspecified atom stereocenters. The molecule has 1 atom stereocenters. The average molecular weight is 333 g/mol. The molecule has 1 aromatic heterocycles. The monoisotopic (exact) mass is 333 g/mol. The van der Waals surface area contributed by atoms with E-state index < -0.39 is 0 Å². The van der Waals surface area contributed by atoms with Gasteiger partial charge in [-0.3, -0.25) is 9.48 Å². The molecule has 0 spiro atoms. The van der Waals surface area contributed by atoms with Crippen molar-refractivity contribution in [1.82, 2.24) is 14.7 Å². The van der Waals surface area contributed by atoms with Crippen molar-refractivity contribution in [2.24, 2.45) is 11.8 Å². The van der Waals surface area contributed by atoms with E-state index in [0.29, 0.717) is 11.8 Å². The van der Waals surface area contributed by atoms with Crippen molar-refractivity contribution in [2.45, 2.75) is 58.9 Å². The molecule has 1 aliphatic carbocycles. The Labute approximate surface area is 145 Å². The van der Waals surface area contributed by atoms with E-state index in [-0.39, 0.29) is 5.91 Å². The van der Waals surface area contributed by atoms with Crippen LogP contribution in [0, 0.1) is 18.8 Å². The number of amides is 1. The van der Waals surface area contributed by atoms with Crippen LogP contribution in [0.3, 0.4) is 0 Å². The highest BCUT2D eigenvalue weighted by Crippen LogP contribution is 2.26. The van der Waals surface area contributed by atoms with E-state index >= 15 is 0 Å². The number of aryl methyl sites for hydroxylation is 2. The molecule has 0 radical (unpaired) electrons. The molecule has 5 nitrogen and oxygen atoms in total. The number of ether oxygens (including phenoxy) is 1. The Balaban J connectivity index is 1.74. The number of carbonyl (C=O) groups excluding carboxylic acids is 1. The smallest absolute Gasteiger partial charge is 0.272 e. The minimum absolute atomic E-state index is 0.148. The first kappa shape index (κ1) is 17.5. The minimum atomic E-state index is 0.148. The zero-order valence-electron chi connectivity index (χ0n) is 15.2. The summed E-state index contributed by atoms with van der Waals surface area (Å²) in [4.78, 5) is 15.3. The van der Waals surface area contributed by atoms with Gasteiger partial charge in [-0.25, -0.2) is 0 Å². The fourth-order valence-corrected chi connectivity index (χ4v) is 4.08. The van der Waals surface area contributed by atoms with E-state index in [9.17, 15) is 4.79 Å². The van der Waals surface area contributed by atoms with Crippen LogP contribution in [0.4, 0.5) is 0 Å². The highest BCUT2D eigenvalue weighted by molar-refractivity contribution is 5.92. The van der Waals surface area contributed by atoms with Crippen LogP contribution in [0.2, 0.25) is 0 Å². The Morgan fingerprint density at radius 2 is 2.00 bits per heavy atom. The second-order valence-corrected chi connectivity index (χ2v) is 7.43. The van der Waals surface area contributed by atoms with Crippen LogP contribution in [-0.4, -0.2) is 46.9 Å². The molecule has 2 heterocycles. The largest absolute Gasteiger partial charge is 0.381 e. The second-order valence-electron chi connectivity index (χ2n) is 7.43. The fraction of sp³-hybridized carbons (Fsp3) is 0.789. The molecule has 1 saturated heterocycles. The number of rotatable bonds is 6. The van der Waals surface area contributed by atoms with Gasteiger partial charge in [-0.15, -0.1) is 0 Å². The van der Waals surface area contributed by atoms with Crippen molar-refractivity contribution in [2.75, 3.05) is 26.3 Å². The third-order valence-electron chi connectivity index (χ3n) is 5.41. The predicted octanol–water partition coefficient (Wildman–Crippen LogP) is 3.27. The van der Waals surface area contributed by atoms with Crippen LogP contribution < -0.4 is 0 Å². The van der Waals surface area contributed by atoms with Crippen molar-refractivity contribution >= 4 is 5.91 Å². The number of carbonyl (C=O) groups is 1. The summed E-state index contributed by atoms with van der Waals surface area (Å²) in [5.41, 5.74) is 1.66. The normalized spacial score (nSPS) is 22.0. The lowest BCUT2D eigenvalue weighted by molar-refractivity contribution is 0.0661. The fourth-order valence-electron chi connectivity index (χ4n) is 4.08. The summed E-state index contributed by atoms with van der Waals surface area (Å²) in [6, 6.07) is 1.94. The molecule has 0 N–H and O–H groups in total. The first-order chi connectivity index (χ1) is 11.7. The topological polar surface area (TPSA) is 47.4 Å². The summed E-state index contributed by atoms with van der Waals surface area (Å²) in [7, 11) is 0. The number of hydrogen-bond acceptors (Lipinski definition) is 3. The Bertz CT molecular complexity index is 543. The maximum atomic E-state index is 13.2. The molecule has 1 saturated carbocycles. The van der Waals surface area contributed by atoms with Gasteiger partial charge in [0.25, 0.3) is 5.91 Å². The van der Waals surface area contributed by atoms with Crippen molar-refractivity contribution in [3.8, 4) is 0 Å². The van der Waals surface area contributed by atoms with Gasteiger partial charge < -0.3 is 9.64 Å². The molecule has 5 heteroatoms. The van der Waals surface area contributed by atoms with Crippen LogP contribution in [0.5, 0.6) is 0 Å². The number of aromatic nitrogens is 2. The van der Waals surface area contributed by atoms with Gasteiger partial charge in [0, 0.05) is 32.2 Å². The maximum absolute atomic E-state index is 13.2. The summed E-state index contributed by atoms with van der Waals surface area (Å²) >= 11 is 0. The Hall–Kier alpha value is -1.36. The molecule has 3 rings (SSSR count). The van der Waals surface area contributed by atoms with Crippen molar-refractivity contribution in [1.29, 1.82) is 0 Å². The Morgan fingerprint density at radius 3 is 2.67 bits per heavy atom. The van der Waals surface area contributed by atoms with Crippen LogP contribution in [0.25, 0.3) is 0 Å². The maximum Gasteiger partial charge on any atom is 0.272 e. The SMILES string of the molecule is CCn1nc(C)cc1C(=O)N(CC1CCCCC1)C[C@H]1CCOC1. The molecule has 1 aliphatic heterocycles. The first-order valence-electron chi connectivity index (χ1n) is 9.58. The Morgan fingerprint density at radius 1 is 1.25 bits per heavy atom. The zero-order valence-corrected chi connectivity index (χ0v) is 15.2. The standard InChI is InChI=1S/C19H31N3O2/c1-3-22-18(11-15(2)20-22)19(23)21(13-17-9-10-24-14-17)12-16-7-5-4-6-8-16/h11,16-17H,3-10,12-14H2,1-2H3/t17-/m1/s1. The molecule has 0 bridgehead atoms. The molecule has 0 aromatic carbocycles. The van der Waals surface area contributed by atoms with Crippen LogP contribution >= 0.6 is 0 Å². The summed E-state index contributed by atoms with van der Waals surface area (Å²) in [5, 5.41) is 4.46. The van der Waals surface area contributed by atoms with Gasteiger partial charge in [0.05, 0.1) is 12.3 Å². The van der Waals surface area contributed by atoms with Gasteiger partial charge in [0.1, 0.15) is 5.69 Å². The van der Waals surface area contributed by atoms with Gasteiger partial charge in [0.2, 0.25) is 0 Å². The zero-order chi connectivity index (χ0) is 16.9. The summed E-state index contributed by atoms with van der Waals surface area (Å²) < 4.78 is 7.37. The van der Waals surface area contributed by atoms with Crippen LogP contribution in [-0.2, 0) is 11.3 Å². The lowest BCUT2D eigenvalue weighted by Crippen LogP contribution is -2.40. The third kappa shape index (κ3) is 4.18. The minimum Gasteiger partial charge on any atom is -0.381 e. The molecule has 1 aromatic rings. The molecule has 2 fully saturated rings. The van der Waals surface area contributed by atoms with Gasteiger partial charge in [0.15, 0.2) is 0 Å². The third-order valence-corrected chi connectivity index (χ3v) is 5.41. The highest BCUT2D eigenvalue weighted by Gasteiger charge is 2.28. The quantitative estimate of drug-likeness (QED) is 0.803. The summed E-state index contributed by atoms with van der Waals surface area (Å²) in [6.07, 6.45) is 7.56. The highest BCUT2D eigenvalue weighted by atomic mass is 16.5. The van der Waals surface area contributed by atoms with Crippen LogP contribution in [0.15, 0.2) is 6.07 Å². The number of nitrogens with zero attached hydrogens (tertiary/aromatic N) is 3. The Kier molecular flexibility index (Phi) is 5.93. The lowest BCUT2D eigenvalue weighted by Gasteiger charge is -2.31.